The van der Waals surface area contributed by atoms with Gasteiger partial charge in [0.1, 0.15) is 16.5 Å². The molecule has 2 aromatic heterocycles. The molecule has 2 saturated heterocycles. The molecule has 31 heavy (non-hydrogen) atoms. The van der Waals surface area contributed by atoms with Crippen LogP contribution in [0.2, 0.25) is 5.02 Å². The Morgan fingerprint density at radius 1 is 1.23 bits per heavy atom. The summed E-state index contributed by atoms with van der Waals surface area (Å²) < 4.78 is 12.6. The molecule has 2 N–H and O–H groups in total. The van der Waals surface area contributed by atoms with E-state index in [0.717, 1.165) is 48.8 Å². The van der Waals surface area contributed by atoms with Gasteiger partial charge in [-0.15, -0.1) is 0 Å². The third-order valence-corrected chi connectivity index (χ3v) is 9.08. The van der Waals surface area contributed by atoms with Gasteiger partial charge in [0.25, 0.3) is 0 Å². The van der Waals surface area contributed by atoms with E-state index in [0.29, 0.717) is 46.7 Å². The van der Waals surface area contributed by atoms with Crippen LogP contribution in [-0.4, -0.2) is 60.2 Å². The lowest BCUT2D eigenvalue weighted by atomic mass is 9.61. The van der Waals surface area contributed by atoms with Gasteiger partial charge in [0.05, 0.1) is 33.7 Å². The average molecular weight is 461 g/mol. The first-order valence-corrected chi connectivity index (χ1v) is 12.7. The molecule has 3 atom stereocenters. The molecular formula is C21H25ClN6O2S. The molecule has 0 amide bonds. The van der Waals surface area contributed by atoms with Gasteiger partial charge in [0.2, 0.25) is 5.95 Å². The average Bonchev–Trinajstić information content (AvgIpc) is 3.13. The fourth-order valence-corrected chi connectivity index (χ4v) is 6.96. The van der Waals surface area contributed by atoms with Crippen molar-refractivity contribution in [1.82, 2.24) is 19.9 Å². The molecule has 2 aromatic rings. The number of fused-ring (bicyclic) bond motifs is 3. The number of piperidine rings is 2. The molecule has 4 fully saturated rings. The lowest BCUT2D eigenvalue weighted by Gasteiger charge is -2.52. The van der Waals surface area contributed by atoms with E-state index in [-0.39, 0.29) is 12.1 Å². The van der Waals surface area contributed by atoms with Crippen molar-refractivity contribution in [2.24, 2.45) is 11.8 Å². The minimum Gasteiger partial charge on any atom is -0.394 e. The van der Waals surface area contributed by atoms with E-state index >= 15 is 0 Å². The van der Waals surface area contributed by atoms with Crippen LogP contribution in [0.5, 0.6) is 0 Å². The molecule has 5 aliphatic rings. The highest BCUT2D eigenvalue weighted by Crippen LogP contribution is 2.51. The van der Waals surface area contributed by atoms with Crippen LogP contribution in [0.25, 0.3) is 0 Å². The fourth-order valence-electron chi connectivity index (χ4n) is 5.55. The van der Waals surface area contributed by atoms with Crippen LogP contribution in [0.1, 0.15) is 43.1 Å². The molecule has 3 aliphatic heterocycles. The number of halogens is 1. The first-order chi connectivity index (χ1) is 15.0. The van der Waals surface area contributed by atoms with Crippen LogP contribution in [0.3, 0.4) is 0 Å². The maximum absolute atomic E-state index is 12.6. The standard InChI is InChI=1S/C21H25ClN6O2S/c22-14-7-23-18(24-8-14)16-12-6-13(16)10-28(9-12)20-25-15-2-5-31(30)17(15)19(26-20)27-21(11-29)3-1-4-21/h7-8,12-13,16,29H,1-6,9-11H2,(H,25,26,27)/t12?,13?,16?,31-/m1/s1. The van der Waals surface area contributed by atoms with Gasteiger partial charge < -0.3 is 15.3 Å². The number of aromatic nitrogens is 4. The van der Waals surface area contributed by atoms with Crippen molar-refractivity contribution >= 4 is 34.2 Å². The molecule has 0 aromatic carbocycles. The lowest BCUT2D eigenvalue weighted by Crippen LogP contribution is -2.55. The highest BCUT2D eigenvalue weighted by molar-refractivity contribution is 7.85. The summed E-state index contributed by atoms with van der Waals surface area (Å²) in [5.74, 6) is 4.14. The summed E-state index contributed by atoms with van der Waals surface area (Å²) in [7, 11) is -1.08. The van der Waals surface area contributed by atoms with Crippen LogP contribution in [0.15, 0.2) is 17.3 Å². The van der Waals surface area contributed by atoms with Gasteiger partial charge in [-0.3, -0.25) is 4.21 Å². The molecule has 2 saturated carbocycles. The Bertz CT molecular complexity index is 1030. The summed E-state index contributed by atoms with van der Waals surface area (Å²) in [5, 5.41) is 13.9. The number of anilines is 2. The summed E-state index contributed by atoms with van der Waals surface area (Å²) in [5.41, 5.74) is 0.544. The second-order valence-electron chi connectivity index (χ2n) is 9.31. The van der Waals surface area contributed by atoms with Gasteiger partial charge in [-0.25, -0.2) is 15.0 Å². The zero-order valence-corrected chi connectivity index (χ0v) is 18.7. The number of aliphatic hydroxyl groups is 1. The van der Waals surface area contributed by atoms with Crippen molar-refractivity contribution in [3.8, 4) is 0 Å². The maximum atomic E-state index is 12.6. The second-order valence-corrected chi connectivity index (χ2v) is 11.3. The smallest absolute Gasteiger partial charge is 0.227 e. The van der Waals surface area contributed by atoms with E-state index in [1.54, 1.807) is 12.4 Å². The first-order valence-electron chi connectivity index (χ1n) is 11.0. The Kier molecular flexibility index (Phi) is 4.70. The Balaban J connectivity index is 1.27. The zero-order chi connectivity index (χ0) is 21.2. The number of nitrogens with zero attached hydrogens (tertiary/aromatic N) is 5. The molecule has 10 heteroatoms. The molecule has 7 rings (SSSR count). The molecule has 0 radical (unpaired) electrons. The summed E-state index contributed by atoms with van der Waals surface area (Å²) in [6, 6.07) is 0. The molecule has 5 heterocycles. The molecule has 8 nitrogen and oxygen atoms in total. The number of nitrogens with one attached hydrogen (secondary N) is 1. The monoisotopic (exact) mass is 460 g/mol. The molecule has 2 aliphatic carbocycles. The Hall–Kier alpha value is -1.84. The SMILES string of the molecule is O=[S@@]1CCc2nc(N3CC4CC(C3)C4c3ncc(Cl)cn3)nc(NC3(CO)CCC3)c21. The van der Waals surface area contributed by atoms with E-state index in [1.807, 2.05) is 0 Å². The summed E-state index contributed by atoms with van der Waals surface area (Å²) >= 11 is 5.95. The van der Waals surface area contributed by atoms with Gasteiger partial charge in [0, 0.05) is 43.6 Å². The van der Waals surface area contributed by atoms with Crippen LogP contribution in [0.4, 0.5) is 11.8 Å². The summed E-state index contributed by atoms with van der Waals surface area (Å²) in [4.78, 5) is 21.6. The van der Waals surface area contributed by atoms with E-state index in [9.17, 15) is 9.32 Å². The predicted octanol–water partition coefficient (Wildman–Crippen LogP) is 2.15. The molecule has 0 spiro atoms. The zero-order valence-electron chi connectivity index (χ0n) is 17.1. The first kappa shape index (κ1) is 19.8. The quantitative estimate of drug-likeness (QED) is 0.699. The van der Waals surface area contributed by atoms with Gasteiger partial charge in [-0.1, -0.05) is 11.6 Å². The maximum Gasteiger partial charge on any atom is 0.227 e. The van der Waals surface area contributed by atoms with Gasteiger partial charge >= 0.3 is 0 Å². The lowest BCUT2D eigenvalue weighted by molar-refractivity contribution is 0.104. The van der Waals surface area contributed by atoms with Crippen molar-refractivity contribution in [1.29, 1.82) is 0 Å². The Morgan fingerprint density at radius 3 is 2.61 bits per heavy atom. The summed E-state index contributed by atoms with van der Waals surface area (Å²) in [6.07, 6.45) is 8.12. The Labute approximate surface area is 188 Å². The van der Waals surface area contributed by atoms with Gasteiger partial charge in [-0.05, 0) is 37.5 Å². The topological polar surface area (TPSA) is 104 Å². The molecule has 2 unspecified atom stereocenters. The predicted molar refractivity (Wildman–Crippen MR) is 118 cm³/mol. The van der Waals surface area contributed by atoms with E-state index in [2.05, 4.69) is 20.2 Å². The van der Waals surface area contributed by atoms with Crippen molar-refractivity contribution in [2.75, 3.05) is 35.7 Å². The Morgan fingerprint density at radius 2 is 1.97 bits per heavy atom. The van der Waals surface area contributed by atoms with Crippen molar-refractivity contribution in [3.63, 3.8) is 0 Å². The molecular weight excluding hydrogens is 436 g/mol. The van der Waals surface area contributed by atoms with Crippen molar-refractivity contribution < 1.29 is 9.32 Å². The fraction of sp³-hybridized carbons (Fsp3) is 0.619. The van der Waals surface area contributed by atoms with Crippen molar-refractivity contribution in [3.05, 3.63) is 28.9 Å². The third kappa shape index (κ3) is 3.24. The molecule has 164 valence electrons. The second kappa shape index (κ2) is 7.35. The van der Waals surface area contributed by atoms with Gasteiger partial charge in [-0.2, -0.15) is 4.98 Å². The molecule has 2 bridgehead atoms. The number of hydrogen-bond donors (Lipinski definition) is 2. The van der Waals surface area contributed by atoms with E-state index < -0.39 is 10.8 Å². The van der Waals surface area contributed by atoms with Gasteiger partial charge in [0.15, 0.2) is 0 Å². The van der Waals surface area contributed by atoms with E-state index in [1.165, 1.54) is 6.42 Å². The largest absolute Gasteiger partial charge is 0.394 e. The minimum absolute atomic E-state index is 0.0599. The highest BCUT2D eigenvalue weighted by Gasteiger charge is 2.49. The normalized spacial score (nSPS) is 30.3. The minimum atomic E-state index is -1.08. The highest BCUT2D eigenvalue weighted by atomic mass is 35.5. The van der Waals surface area contributed by atoms with Crippen LogP contribution in [0, 0.1) is 11.8 Å². The van der Waals surface area contributed by atoms with Crippen molar-refractivity contribution in [2.45, 2.75) is 48.5 Å². The van der Waals surface area contributed by atoms with Crippen LogP contribution in [-0.2, 0) is 17.2 Å². The number of aliphatic hydroxyl groups excluding tert-OH is 1. The summed E-state index contributed by atoms with van der Waals surface area (Å²) in [6.45, 7) is 1.78. The van der Waals surface area contributed by atoms with E-state index in [4.69, 9.17) is 21.6 Å². The third-order valence-electron chi connectivity index (χ3n) is 7.43. The van der Waals surface area contributed by atoms with Crippen LogP contribution < -0.4 is 10.2 Å². The number of rotatable bonds is 5. The number of hydrogen-bond acceptors (Lipinski definition) is 8. The number of aryl methyl sites for hydroxylation is 1. The van der Waals surface area contributed by atoms with Crippen LogP contribution >= 0.6 is 11.6 Å².